The van der Waals surface area contributed by atoms with E-state index in [0.717, 1.165) is 39.2 Å². The summed E-state index contributed by atoms with van der Waals surface area (Å²) >= 11 is 3.48. The van der Waals surface area contributed by atoms with Crippen LogP contribution >= 0.6 is 15.9 Å². The summed E-state index contributed by atoms with van der Waals surface area (Å²) < 4.78 is 34.4. The molecule has 3 aromatic carbocycles. The summed E-state index contributed by atoms with van der Waals surface area (Å²) in [5, 5.41) is 0. The Morgan fingerprint density at radius 2 is 1.68 bits per heavy atom. The fourth-order valence-corrected chi connectivity index (χ4v) is 5.60. The van der Waals surface area contributed by atoms with Crippen LogP contribution in [-0.2, 0) is 21.2 Å². The second kappa shape index (κ2) is 12.2. The standard InChI is InChI=1S/C27H30BrNO4S/c1-3-4-9-22-14-16-23(17-15-22)29(34(31,32)24-10-6-5-7-11-24)27(30)12-8-19-33-26-18-13-21(2)20-25(26)28/h5-7,10-11,13-18,20H,3-4,8-9,12,19H2,1-2H3. The van der Waals surface area contributed by atoms with Gasteiger partial charge in [0.05, 0.1) is 21.7 Å². The van der Waals surface area contributed by atoms with Gasteiger partial charge in [0.2, 0.25) is 5.91 Å². The summed E-state index contributed by atoms with van der Waals surface area (Å²) in [6, 6.07) is 21.0. The average molecular weight is 545 g/mol. The molecule has 0 spiro atoms. The van der Waals surface area contributed by atoms with Crippen LogP contribution in [0.3, 0.4) is 0 Å². The molecule has 0 aliphatic heterocycles. The van der Waals surface area contributed by atoms with Crippen LogP contribution < -0.4 is 9.04 Å². The number of amides is 1. The number of rotatable bonds is 11. The molecule has 3 rings (SSSR count). The first kappa shape index (κ1) is 26.0. The summed E-state index contributed by atoms with van der Waals surface area (Å²) in [7, 11) is -4.05. The molecule has 0 bridgehead atoms. The summed E-state index contributed by atoms with van der Waals surface area (Å²) in [5.74, 6) is 0.200. The molecule has 34 heavy (non-hydrogen) atoms. The molecule has 0 aliphatic rings. The molecule has 0 aromatic heterocycles. The highest BCUT2D eigenvalue weighted by molar-refractivity contribution is 9.10. The first-order chi connectivity index (χ1) is 16.3. The van der Waals surface area contributed by atoms with Gasteiger partial charge in [-0.3, -0.25) is 4.79 Å². The van der Waals surface area contributed by atoms with Crippen LogP contribution in [0, 0.1) is 6.92 Å². The van der Waals surface area contributed by atoms with Crippen LogP contribution in [0.25, 0.3) is 0 Å². The zero-order valence-electron chi connectivity index (χ0n) is 19.5. The van der Waals surface area contributed by atoms with Crippen LogP contribution in [-0.4, -0.2) is 20.9 Å². The molecule has 0 unspecified atom stereocenters. The van der Waals surface area contributed by atoms with Gasteiger partial charge < -0.3 is 4.74 Å². The molecule has 0 atom stereocenters. The number of hydrogen-bond acceptors (Lipinski definition) is 4. The summed E-state index contributed by atoms with van der Waals surface area (Å²) in [4.78, 5) is 13.3. The fourth-order valence-electron chi connectivity index (χ4n) is 3.52. The molecule has 0 fully saturated rings. The first-order valence-electron chi connectivity index (χ1n) is 11.4. The van der Waals surface area contributed by atoms with E-state index in [4.69, 9.17) is 4.74 Å². The predicted molar refractivity (Wildman–Crippen MR) is 140 cm³/mol. The lowest BCUT2D eigenvalue weighted by molar-refractivity contribution is -0.117. The van der Waals surface area contributed by atoms with E-state index in [0.29, 0.717) is 24.5 Å². The molecule has 0 radical (unpaired) electrons. The number of anilines is 1. The Labute approximate surface area is 210 Å². The third kappa shape index (κ3) is 6.70. The molecule has 0 aliphatic carbocycles. The maximum absolute atomic E-state index is 13.4. The maximum Gasteiger partial charge on any atom is 0.270 e. The third-order valence-electron chi connectivity index (χ3n) is 5.38. The minimum Gasteiger partial charge on any atom is -0.492 e. The number of carbonyl (C=O) groups is 1. The summed E-state index contributed by atoms with van der Waals surface area (Å²) in [6.07, 6.45) is 3.47. The van der Waals surface area contributed by atoms with Crippen LogP contribution in [0.2, 0.25) is 0 Å². The number of ether oxygens (including phenoxy) is 1. The highest BCUT2D eigenvalue weighted by Crippen LogP contribution is 2.27. The van der Waals surface area contributed by atoms with Crippen molar-refractivity contribution in [1.29, 1.82) is 0 Å². The second-order valence-electron chi connectivity index (χ2n) is 8.13. The molecule has 3 aromatic rings. The van der Waals surface area contributed by atoms with Crippen molar-refractivity contribution >= 4 is 37.5 Å². The predicted octanol–water partition coefficient (Wildman–Crippen LogP) is 6.68. The number of nitrogens with zero attached hydrogens (tertiary/aromatic N) is 1. The Morgan fingerprint density at radius 1 is 0.971 bits per heavy atom. The highest BCUT2D eigenvalue weighted by Gasteiger charge is 2.30. The molecule has 0 N–H and O–H groups in total. The van der Waals surface area contributed by atoms with Crippen molar-refractivity contribution in [2.24, 2.45) is 0 Å². The minimum atomic E-state index is -4.05. The van der Waals surface area contributed by atoms with Crippen LogP contribution in [0.4, 0.5) is 5.69 Å². The van der Waals surface area contributed by atoms with Gasteiger partial charge in [-0.15, -0.1) is 0 Å². The van der Waals surface area contributed by atoms with E-state index >= 15 is 0 Å². The quantitative estimate of drug-likeness (QED) is 0.253. The maximum atomic E-state index is 13.4. The van der Waals surface area contributed by atoms with Gasteiger partial charge >= 0.3 is 0 Å². The van der Waals surface area contributed by atoms with Crippen molar-refractivity contribution in [2.45, 2.75) is 50.8 Å². The van der Waals surface area contributed by atoms with Crippen LogP contribution in [0.1, 0.15) is 43.7 Å². The van der Waals surface area contributed by atoms with Gasteiger partial charge in [-0.25, -0.2) is 12.7 Å². The molecule has 0 heterocycles. The Bertz CT molecular complexity index is 1200. The van der Waals surface area contributed by atoms with E-state index < -0.39 is 15.9 Å². The molecule has 180 valence electrons. The number of carbonyl (C=O) groups excluding carboxylic acids is 1. The Morgan fingerprint density at radius 3 is 2.32 bits per heavy atom. The van der Waals surface area contributed by atoms with Crippen LogP contribution in [0.15, 0.2) is 82.2 Å². The van der Waals surface area contributed by atoms with Gasteiger partial charge in [0.1, 0.15) is 5.75 Å². The van der Waals surface area contributed by atoms with Gasteiger partial charge in [-0.1, -0.05) is 49.7 Å². The number of halogens is 1. The van der Waals surface area contributed by atoms with Gasteiger partial charge in [0.15, 0.2) is 0 Å². The molecule has 1 amide bonds. The SMILES string of the molecule is CCCCc1ccc(N(C(=O)CCCOc2ccc(C)cc2Br)S(=O)(=O)c2ccccc2)cc1. The number of aryl methyl sites for hydroxylation is 2. The molecular weight excluding hydrogens is 514 g/mol. The van der Waals surface area contributed by atoms with Crippen molar-refractivity contribution in [3.8, 4) is 5.75 Å². The number of hydrogen-bond donors (Lipinski definition) is 0. The lowest BCUT2D eigenvalue weighted by Crippen LogP contribution is -2.37. The van der Waals surface area contributed by atoms with E-state index in [1.54, 1.807) is 30.3 Å². The third-order valence-corrected chi connectivity index (χ3v) is 7.76. The molecule has 0 saturated carbocycles. The van der Waals surface area contributed by atoms with Gasteiger partial charge in [-0.05, 0) is 89.6 Å². The number of unbranched alkanes of at least 4 members (excludes halogenated alkanes) is 1. The van der Waals surface area contributed by atoms with E-state index in [-0.39, 0.29) is 11.3 Å². The van der Waals surface area contributed by atoms with Gasteiger partial charge in [-0.2, -0.15) is 0 Å². The van der Waals surface area contributed by atoms with E-state index in [2.05, 4.69) is 22.9 Å². The van der Waals surface area contributed by atoms with Gasteiger partial charge in [0.25, 0.3) is 10.0 Å². The minimum absolute atomic E-state index is 0.0349. The van der Waals surface area contributed by atoms with E-state index in [9.17, 15) is 13.2 Å². The van der Waals surface area contributed by atoms with Gasteiger partial charge in [0, 0.05) is 6.42 Å². The average Bonchev–Trinajstić information content (AvgIpc) is 2.83. The summed E-state index contributed by atoms with van der Waals surface area (Å²) in [5.41, 5.74) is 2.57. The normalized spacial score (nSPS) is 11.3. The Kier molecular flexibility index (Phi) is 9.30. The lowest BCUT2D eigenvalue weighted by Gasteiger charge is -2.23. The van der Waals surface area contributed by atoms with Crippen molar-refractivity contribution in [3.05, 3.63) is 88.4 Å². The summed E-state index contributed by atoms with van der Waals surface area (Å²) in [6.45, 7) is 4.41. The topological polar surface area (TPSA) is 63.7 Å². The second-order valence-corrected chi connectivity index (χ2v) is 10.8. The largest absolute Gasteiger partial charge is 0.492 e. The van der Waals surface area contributed by atoms with Crippen LogP contribution in [0.5, 0.6) is 5.75 Å². The van der Waals surface area contributed by atoms with E-state index in [1.165, 1.54) is 12.1 Å². The number of sulfonamides is 1. The molecule has 7 heteroatoms. The highest BCUT2D eigenvalue weighted by atomic mass is 79.9. The first-order valence-corrected chi connectivity index (χ1v) is 13.7. The van der Waals surface area contributed by atoms with Crippen molar-refractivity contribution in [3.63, 3.8) is 0 Å². The lowest BCUT2D eigenvalue weighted by atomic mass is 10.1. The Hall–Kier alpha value is -2.64. The molecule has 5 nitrogen and oxygen atoms in total. The van der Waals surface area contributed by atoms with E-state index in [1.807, 2.05) is 37.3 Å². The van der Waals surface area contributed by atoms with Crippen molar-refractivity contribution in [2.75, 3.05) is 10.9 Å². The fraction of sp³-hybridized carbons (Fsp3) is 0.296. The zero-order chi connectivity index (χ0) is 24.6. The molecule has 0 saturated heterocycles. The van der Waals surface area contributed by atoms with Crippen molar-refractivity contribution in [1.82, 2.24) is 0 Å². The molecular formula is C27H30BrNO4S. The Balaban J connectivity index is 1.76. The van der Waals surface area contributed by atoms with Crippen molar-refractivity contribution < 1.29 is 17.9 Å². The monoisotopic (exact) mass is 543 g/mol. The zero-order valence-corrected chi connectivity index (χ0v) is 21.9. The number of benzene rings is 3. The smallest absolute Gasteiger partial charge is 0.270 e.